The van der Waals surface area contributed by atoms with Crippen LogP contribution in [-0.2, 0) is 16.6 Å². The molecule has 100 valence electrons. The van der Waals surface area contributed by atoms with Crippen LogP contribution in [0.1, 0.15) is 18.9 Å². The lowest BCUT2D eigenvalue weighted by atomic mass is 10.2. The Morgan fingerprint density at radius 3 is 2.78 bits per heavy atom. The molecule has 2 atom stereocenters. The minimum Gasteiger partial charge on any atom is -0.328 e. The molecule has 1 aromatic rings. The molecular weight excluding hydrogens is 276 g/mol. The van der Waals surface area contributed by atoms with Gasteiger partial charge >= 0.3 is 0 Å². The normalized spacial score (nSPS) is 14.2. The summed E-state index contributed by atoms with van der Waals surface area (Å²) in [6.45, 7) is 1.83. The van der Waals surface area contributed by atoms with E-state index in [4.69, 9.17) is 17.3 Å². The fourth-order valence-corrected chi connectivity index (χ4v) is 2.96. The second kappa shape index (κ2) is 6.82. The Bertz CT molecular complexity index is 466. The van der Waals surface area contributed by atoms with Gasteiger partial charge in [-0.05, 0) is 25.5 Å². The van der Waals surface area contributed by atoms with Gasteiger partial charge in [0.25, 0.3) is 5.69 Å². The highest BCUT2D eigenvalue weighted by atomic mass is 35.5. The van der Waals surface area contributed by atoms with Crippen LogP contribution in [-0.4, -0.2) is 20.9 Å². The van der Waals surface area contributed by atoms with Crippen LogP contribution in [0.4, 0.5) is 5.69 Å². The molecule has 0 saturated heterocycles. The number of halogens is 1. The van der Waals surface area contributed by atoms with Crippen molar-refractivity contribution >= 4 is 28.1 Å². The van der Waals surface area contributed by atoms with Crippen LogP contribution in [0.5, 0.6) is 0 Å². The van der Waals surface area contributed by atoms with E-state index in [0.29, 0.717) is 22.8 Å². The average Bonchev–Trinajstić information content (AvgIpc) is 2.26. The lowest BCUT2D eigenvalue weighted by molar-refractivity contribution is -0.385. The van der Waals surface area contributed by atoms with Gasteiger partial charge in [-0.3, -0.25) is 14.3 Å². The summed E-state index contributed by atoms with van der Waals surface area (Å²) in [6, 6.07) is 4.25. The van der Waals surface area contributed by atoms with Gasteiger partial charge in [0.1, 0.15) is 0 Å². The molecule has 1 aromatic carbocycles. The molecule has 0 bridgehead atoms. The minimum atomic E-state index is -1.17. The number of nitrogens with two attached hydrogens (primary N) is 1. The van der Waals surface area contributed by atoms with Gasteiger partial charge in [0.2, 0.25) is 0 Å². The van der Waals surface area contributed by atoms with Crippen molar-refractivity contribution < 1.29 is 9.13 Å². The average molecular weight is 291 g/mol. The van der Waals surface area contributed by atoms with Crippen molar-refractivity contribution in [3.05, 3.63) is 38.9 Å². The summed E-state index contributed by atoms with van der Waals surface area (Å²) >= 11 is 5.79. The molecule has 0 amide bonds. The molecule has 0 aromatic heterocycles. The highest BCUT2D eigenvalue weighted by Gasteiger charge is 2.16. The summed E-state index contributed by atoms with van der Waals surface area (Å²) < 4.78 is 11.8. The SMILES string of the molecule is CC(N)CCS(=O)Cc1cc(Cl)ccc1[N+](=O)[O-]. The molecule has 18 heavy (non-hydrogen) atoms. The zero-order valence-electron chi connectivity index (χ0n) is 9.97. The Kier molecular flexibility index (Phi) is 5.71. The lowest BCUT2D eigenvalue weighted by Gasteiger charge is -2.06. The fraction of sp³-hybridized carbons (Fsp3) is 0.455. The van der Waals surface area contributed by atoms with E-state index in [0.717, 1.165) is 0 Å². The van der Waals surface area contributed by atoms with E-state index in [1.54, 1.807) is 0 Å². The number of hydrogen-bond acceptors (Lipinski definition) is 4. The van der Waals surface area contributed by atoms with Gasteiger partial charge in [0.15, 0.2) is 0 Å². The molecule has 0 heterocycles. The van der Waals surface area contributed by atoms with Gasteiger partial charge in [-0.2, -0.15) is 0 Å². The maximum Gasteiger partial charge on any atom is 0.273 e. The molecule has 2 unspecified atom stereocenters. The number of rotatable bonds is 6. The Labute approximate surface area is 113 Å². The third-order valence-electron chi connectivity index (χ3n) is 2.36. The van der Waals surface area contributed by atoms with Gasteiger partial charge in [0.05, 0.1) is 10.7 Å². The van der Waals surface area contributed by atoms with E-state index < -0.39 is 15.7 Å². The second-order valence-corrected chi connectivity index (χ2v) is 6.10. The second-order valence-electron chi connectivity index (χ2n) is 4.08. The van der Waals surface area contributed by atoms with Gasteiger partial charge in [0, 0.05) is 39.2 Å². The quantitative estimate of drug-likeness (QED) is 0.643. The van der Waals surface area contributed by atoms with Crippen molar-refractivity contribution in [1.82, 2.24) is 0 Å². The molecular formula is C11H15ClN2O3S. The molecule has 0 aliphatic heterocycles. The number of benzene rings is 1. The van der Waals surface area contributed by atoms with Crippen LogP contribution >= 0.6 is 11.6 Å². The molecule has 0 aliphatic carbocycles. The van der Waals surface area contributed by atoms with Gasteiger partial charge in [-0.15, -0.1) is 0 Å². The van der Waals surface area contributed by atoms with Crippen molar-refractivity contribution in [1.29, 1.82) is 0 Å². The molecule has 5 nitrogen and oxygen atoms in total. The Morgan fingerprint density at radius 2 is 2.22 bits per heavy atom. The van der Waals surface area contributed by atoms with Crippen LogP contribution in [0.3, 0.4) is 0 Å². The van der Waals surface area contributed by atoms with E-state index in [9.17, 15) is 14.3 Å². The third kappa shape index (κ3) is 4.72. The van der Waals surface area contributed by atoms with Crippen molar-refractivity contribution in [2.75, 3.05) is 5.75 Å². The molecule has 0 spiro atoms. The number of hydrogen-bond donors (Lipinski definition) is 1. The van der Waals surface area contributed by atoms with Crippen molar-refractivity contribution in [3.8, 4) is 0 Å². The summed E-state index contributed by atoms with van der Waals surface area (Å²) in [5.41, 5.74) is 5.92. The largest absolute Gasteiger partial charge is 0.328 e. The fourth-order valence-electron chi connectivity index (χ4n) is 1.41. The first-order chi connectivity index (χ1) is 8.40. The van der Waals surface area contributed by atoms with E-state index in [1.807, 2.05) is 6.92 Å². The predicted molar refractivity (Wildman–Crippen MR) is 73.1 cm³/mol. The summed E-state index contributed by atoms with van der Waals surface area (Å²) in [6.07, 6.45) is 0.626. The summed E-state index contributed by atoms with van der Waals surface area (Å²) in [4.78, 5) is 10.3. The van der Waals surface area contributed by atoms with E-state index in [2.05, 4.69) is 0 Å². The Morgan fingerprint density at radius 1 is 1.56 bits per heavy atom. The molecule has 0 radical (unpaired) electrons. The van der Waals surface area contributed by atoms with Crippen LogP contribution in [0.15, 0.2) is 18.2 Å². The van der Waals surface area contributed by atoms with Crippen molar-refractivity contribution in [2.24, 2.45) is 5.73 Å². The van der Waals surface area contributed by atoms with Crippen LogP contribution in [0.25, 0.3) is 0 Å². The van der Waals surface area contributed by atoms with Crippen molar-refractivity contribution in [3.63, 3.8) is 0 Å². The topological polar surface area (TPSA) is 86.2 Å². The molecule has 0 fully saturated rings. The Balaban J connectivity index is 2.79. The zero-order chi connectivity index (χ0) is 13.7. The lowest BCUT2D eigenvalue weighted by Crippen LogP contribution is -2.18. The molecule has 0 aliphatic rings. The highest BCUT2D eigenvalue weighted by Crippen LogP contribution is 2.24. The van der Waals surface area contributed by atoms with Crippen LogP contribution < -0.4 is 5.73 Å². The standard InChI is InChI=1S/C11H15ClN2O3S/c1-8(13)4-5-18(17)7-9-6-10(12)2-3-11(9)14(15)16/h2-3,6,8H,4-5,7,13H2,1H3. The molecule has 0 saturated carbocycles. The zero-order valence-corrected chi connectivity index (χ0v) is 11.5. The maximum atomic E-state index is 11.8. The minimum absolute atomic E-state index is 0.0247. The van der Waals surface area contributed by atoms with Crippen molar-refractivity contribution in [2.45, 2.75) is 25.1 Å². The van der Waals surface area contributed by atoms with Crippen LogP contribution in [0, 0.1) is 10.1 Å². The van der Waals surface area contributed by atoms with E-state index >= 15 is 0 Å². The third-order valence-corrected chi connectivity index (χ3v) is 3.91. The number of nitro groups is 1. The summed E-state index contributed by atoms with van der Waals surface area (Å²) in [7, 11) is -1.17. The van der Waals surface area contributed by atoms with Gasteiger partial charge in [-0.25, -0.2) is 0 Å². The first kappa shape index (κ1) is 15.1. The maximum absolute atomic E-state index is 11.8. The highest BCUT2D eigenvalue weighted by molar-refractivity contribution is 7.84. The Hall–Kier alpha value is -0.980. The predicted octanol–water partition coefficient (Wildman–Crippen LogP) is 2.23. The first-order valence-electron chi connectivity index (χ1n) is 5.43. The molecule has 1 rings (SSSR count). The number of nitrogens with zero attached hydrogens (tertiary/aromatic N) is 1. The van der Waals surface area contributed by atoms with E-state index in [1.165, 1.54) is 18.2 Å². The first-order valence-corrected chi connectivity index (χ1v) is 7.30. The smallest absolute Gasteiger partial charge is 0.273 e. The van der Waals surface area contributed by atoms with E-state index in [-0.39, 0.29) is 17.5 Å². The summed E-state index contributed by atoms with van der Waals surface area (Å²) in [5.74, 6) is 0.560. The molecule has 2 N–H and O–H groups in total. The van der Waals surface area contributed by atoms with Gasteiger partial charge in [-0.1, -0.05) is 11.6 Å². The number of nitro benzene ring substituents is 1. The van der Waals surface area contributed by atoms with Gasteiger partial charge < -0.3 is 5.73 Å². The molecule has 7 heteroatoms. The van der Waals surface area contributed by atoms with Crippen LogP contribution in [0.2, 0.25) is 5.02 Å². The monoisotopic (exact) mass is 290 g/mol. The summed E-state index contributed by atoms with van der Waals surface area (Å²) in [5, 5.41) is 11.2.